The summed E-state index contributed by atoms with van der Waals surface area (Å²) in [5.41, 5.74) is 9.74. The van der Waals surface area contributed by atoms with E-state index in [2.05, 4.69) is 68.2 Å². The van der Waals surface area contributed by atoms with E-state index >= 15 is 0 Å². The summed E-state index contributed by atoms with van der Waals surface area (Å²) in [6.07, 6.45) is 4.87. The molecule has 5 heteroatoms. The van der Waals surface area contributed by atoms with E-state index in [1.54, 1.807) is 6.33 Å². The molecule has 0 saturated carbocycles. The summed E-state index contributed by atoms with van der Waals surface area (Å²) >= 11 is 0. The van der Waals surface area contributed by atoms with Crippen molar-refractivity contribution >= 4 is 10.8 Å². The van der Waals surface area contributed by atoms with Gasteiger partial charge in [-0.2, -0.15) is 0 Å². The minimum atomic E-state index is 0.348. The SMILES string of the molecule is c1ccc2c(C3NNC4CCN(Cc5cnc[nH]5)CC43)cccc2c1. The molecule has 3 unspecified atom stereocenters. The van der Waals surface area contributed by atoms with Gasteiger partial charge in [-0.25, -0.2) is 10.4 Å². The van der Waals surface area contributed by atoms with Gasteiger partial charge >= 0.3 is 0 Å². The number of imidazole rings is 1. The number of H-pyrrole nitrogens is 1. The average Bonchev–Trinajstić information content (AvgIpc) is 3.31. The summed E-state index contributed by atoms with van der Waals surface area (Å²) in [5.74, 6) is 0.572. The van der Waals surface area contributed by atoms with E-state index in [9.17, 15) is 0 Å². The molecule has 128 valence electrons. The molecule has 2 fully saturated rings. The highest BCUT2D eigenvalue weighted by Gasteiger charge is 2.40. The van der Waals surface area contributed by atoms with Gasteiger partial charge in [0.2, 0.25) is 0 Å². The number of nitrogens with one attached hydrogen (secondary N) is 3. The highest BCUT2D eigenvalue weighted by atomic mass is 15.4. The van der Waals surface area contributed by atoms with E-state index in [0.717, 1.165) is 19.6 Å². The first-order valence-electron chi connectivity index (χ1n) is 9.07. The maximum absolute atomic E-state index is 4.14. The van der Waals surface area contributed by atoms with Crippen molar-refractivity contribution in [2.75, 3.05) is 13.1 Å². The second kappa shape index (κ2) is 6.26. The van der Waals surface area contributed by atoms with Gasteiger partial charge in [-0.05, 0) is 22.8 Å². The van der Waals surface area contributed by atoms with Crippen LogP contribution in [0.3, 0.4) is 0 Å². The van der Waals surface area contributed by atoms with E-state index in [4.69, 9.17) is 0 Å². The van der Waals surface area contributed by atoms with Crippen LogP contribution in [0.4, 0.5) is 0 Å². The zero-order chi connectivity index (χ0) is 16.6. The Balaban J connectivity index is 1.42. The van der Waals surface area contributed by atoms with Gasteiger partial charge in [0.1, 0.15) is 0 Å². The molecule has 0 spiro atoms. The van der Waals surface area contributed by atoms with Gasteiger partial charge < -0.3 is 4.98 Å². The first-order valence-corrected chi connectivity index (χ1v) is 9.07. The minimum absolute atomic E-state index is 0.348. The Labute approximate surface area is 147 Å². The number of nitrogens with zero attached hydrogens (tertiary/aromatic N) is 2. The van der Waals surface area contributed by atoms with Crippen LogP contribution < -0.4 is 10.9 Å². The first-order chi connectivity index (χ1) is 12.4. The van der Waals surface area contributed by atoms with Gasteiger partial charge in [0.15, 0.2) is 0 Å². The van der Waals surface area contributed by atoms with Crippen LogP contribution in [0.2, 0.25) is 0 Å². The largest absolute Gasteiger partial charge is 0.347 e. The fraction of sp³-hybridized carbons (Fsp3) is 0.350. The molecule has 3 N–H and O–H groups in total. The Morgan fingerprint density at radius 2 is 2.00 bits per heavy atom. The summed E-state index contributed by atoms with van der Waals surface area (Å²) < 4.78 is 0. The van der Waals surface area contributed by atoms with E-state index in [1.165, 1.54) is 28.5 Å². The Bertz CT molecular complexity index is 854. The number of piperidine rings is 1. The van der Waals surface area contributed by atoms with Crippen LogP contribution in [-0.4, -0.2) is 34.0 Å². The average molecular weight is 333 g/mol. The summed E-state index contributed by atoms with van der Waals surface area (Å²) in [4.78, 5) is 9.91. The fourth-order valence-electron chi connectivity index (χ4n) is 4.46. The third-order valence-electron chi connectivity index (χ3n) is 5.70. The Morgan fingerprint density at radius 1 is 1.08 bits per heavy atom. The molecule has 5 nitrogen and oxygen atoms in total. The van der Waals surface area contributed by atoms with E-state index in [1.807, 2.05) is 6.20 Å². The Morgan fingerprint density at radius 3 is 2.92 bits per heavy atom. The lowest BCUT2D eigenvalue weighted by Crippen LogP contribution is -2.45. The molecule has 25 heavy (non-hydrogen) atoms. The van der Waals surface area contributed by atoms with Crippen molar-refractivity contribution in [3.63, 3.8) is 0 Å². The van der Waals surface area contributed by atoms with Crippen LogP contribution >= 0.6 is 0 Å². The normalized spacial score (nSPS) is 26.8. The molecule has 2 aromatic carbocycles. The van der Waals surface area contributed by atoms with Gasteiger partial charge in [0.05, 0.1) is 12.4 Å². The molecular weight excluding hydrogens is 310 g/mol. The molecule has 3 aromatic rings. The van der Waals surface area contributed by atoms with Crippen molar-refractivity contribution in [1.29, 1.82) is 0 Å². The molecule has 2 aliphatic heterocycles. The Kier molecular flexibility index (Phi) is 3.77. The summed E-state index contributed by atoms with van der Waals surface area (Å²) in [6, 6.07) is 16.2. The number of hydrogen-bond acceptors (Lipinski definition) is 4. The van der Waals surface area contributed by atoms with Crippen molar-refractivity contribution in [2.45, 2.75) is 25.0 Å². The molecule has 2 aliphatic rings. The Hall–Kier alpha value is -2.21. The second-order valence-electron chi connectivity index (χ2n) is 7.21. The predicted molar refractivity (Wildman–Crippen MR) is 98.7 cm³/mol. The predicted octanol–water partition coefficient (Wildman–Crippen LogP) is 2.60. The first kappa shape index (κ1) is 15.1. The standard InChI is InChI=1S/C20H23N5/c1-2-6-16-14(4-1)5-3-7-17(16)20-18-12-25(9-8-19(18)23-24-20)11-15-10-21-13-22-15/h1-7,10,13,18-20,23-24H,8-9,11-12H2,(H,21,22). The lowest BCUT2D eigenvalue weighted by atomic mass is 9.83. The van der Waals surface area contributed by atoms with Gasteiger partial charge in [-0.3, -0.25) is 10.3 Å². The van der Waals surface area contributed by atoms with Gasteiger partial charge in [0.25, 0.3) is 0 Å². The van der Waals surface area contributed by atoms with Crippen LogP contribution in [0.1, 0.15) is 23.7 Å². The van der Waals surface area contributed by atoms with Crippen molar-refractivity contribution in [3.8, 4) is 0 Å². The lowest BCUT2D eigenvalue weighted by molar-refractivity contribution is 0.147. The minimum Gasteiger partial charge on any atom is -0.347 e. The third kappa shape index (κ3) is 2.74. The zero-order valence-corrected chi connectivity index (χ0v) is 14.2. The maximum atomic E-state index is 4.14. The second-order valence-corrected chi connectivity index (χ2v) is 7.21. The van der Waals surface area contributed by atoms with E-state index in [-0.39, 0.29) is 0 Å². The van der Waals surface area contributed by atoms with Crippen LogP contribution in [0.5, 0.6) is 0 Å². The van der Waals surface area contributed by atoms with Gasteiger partial charge in [-0.1, -0.05) is 42.5 Å². The van der Waals surface area contributed by atoms with Crippen LogP contribution in [0, 0.1) is 5.92 Å². The highest BCUT2D eigenvalue weighted by Crippen LogP contribution is 2.36. The number of benzene rings is 2. The van der Waals surface area contributed by atoms with Crippen molar-refractivity contribution in [1.82, 2.24) is 25.7 Å². The number of likely N-dealkylation sites (tertiary alicyclic amines) is 1. The number of aromatic nitrogens is 2. The fourth-order valence-corrected chi connectivity index (χ4v) is 4.46. The smallest absolute Gasteiger partial charge is 0.0922 e. The molecule has 3 atom stereocenters. The zero-order valence-electron chi connectivity index (χ0n) is 14.2. The molecule has 0 amide bonds. The number of aromatic amines is 1. The molecule has 0 radical (unpaired) electrons. The molecular formula is C20H23N5. The summed E-state index contributed by atoms with van der Waals surface area (Å²) in [6.45, 7) is 3.17. The maximum Gasteiger partial charge on any atom is 0.0922 e. The number of rotatable bonds is 3. The van der Waals surface area contributed by atoms with Crippen LogP contribution in [0.25, 0.3) is 10.8 Å². The van der Waals surface area contributed by atoms with Crippen LogP contribution in [0.15, 0.2) is 55.0 Å². The highest BCUT2D eigenvalue weighted by molar-refractivity contribution is 5.86. The molecule has 5 rings (SSSR count). The van der Waals surface area contributed by atoms with Crippen molar-refractivity contribution in [3.05, 3.63) is 66.2 Å². The van der Waals surface area contributed by atoms with Crippen LogP contribution in [-0.2, 0) is 6.54 Å². The topological polar surface area (TPSA) is 56.0 Å². The van der Waals surface area contributed by atoms with Crippen molar-refractivity contribution in [2.24, 2.45) is 5.92 Å². The summed E-state index contributed by atoms with van der Waals surface area (Å²) in [7, 11) is 0. The van der Waals surface area contributed by atoms with E-state index in [0.29, 0.717) is 18.0 Å². The van der Waals surface area contributed by atoms with E-state index < -0.39 is 0 Å². The molecule has 0 bridgehead atoms. The third-order valence-corrected chi connectivity index (χ3v) is 5.70. The molecule has 3 heterocycles. The van der Waals surface area contributed by atoms with Gasteiger partial charge in [-0.15, -0.1) is 0 Å². The van der Waals surface area contributed by atoms with Gasteiger partial charge in [0, 0.05) is 43.5 Å². The molecule has 1 aromatic heterocycles. The monoisotopic (exact) mass is 333 g/mol. The lowest BCUT2D eigenvalue weighted by Gasteiger charge is -2.36. The number of hydrogen-bond donors (Lipinski definition) is 3. The molecule has 0 aliphatic carbocycles. The summed E-state index contributed by atoms with van der Waals surface area (Å²) in [5, 5.41) is 2.67. The number of fused-ring (bicyclic) bond motifs is 2. The molecule has 2 saturated heterocycles. The quantitative estimate of drug-likeness (QED) is 0.690. The number of hydrazine groups is 1. The van der Waals surface area contributed by atoms with Crippen molar-refractivity contribution < 1.29 is 0 Å².